The predicted octanol–water partition coefficient (Wildman–Crippen LogP) is 1.37. The molecule has 13 heavy (non-hydrogen) atoms. The highest BCUT2D eigenvalue weighted by molar-refractivity contribution is 5.75. The van der Waals surface area contributed by atoms with Gasteiger partial charge in [-0.05, 0) is 38.0 Å². The fourth-order valence-corrected chi connectivity index (χ4v) is 3.13. The normalized spacial score (nSPS) is 44.4. The lowest BCUT2D eigenvalue weighted by Gasteiger charge is -2.38. The van der Waals surface area contributed by atoms with E-state index >= 15 is 0 Å². The molecule has 0 heterocycles. The Hall–Kier alpha value is -0.570. The first-order valence-corrected chi connectivity index (χ1v) is 5.14. The maximum absolute atomic E-state index is 11.2. The minimum atomic E-state index is -0.582. The minimum Gasteiger partial charge on any atom is -0.481 e. The topological polar surface area (TPSA) is 63.3 Å². The molecule has 0 spiro atoms. The molecular weight excluding hydrogens is 166 g/mol. The monoisotopic (exact) mass is 183 g/mol. The van der Waals surface area contributed by atoms with Crippen molar-refractivity contribution in [2.24, 2.45) is 17.1 Å². The van der Waals surface area contributed by atoms with Crippen molar-refractivity contribution in [2.45, 2.75) is 44.6 Å². The first kappa shape index (κ1) is 9.00. The van der Waals surface area contributed by atoms with Crippen molar-refractivity contribution in [3.8, 4) is 0 Å². The van der Waals surface area contributed by atoms with Gasteiger partial charge in [0.1, 0.15) is 0 Å². The molecule has 0 saturated heterocycles. The van der Waals surface area contributed by atoms with E-state index in [1.165, 1.54) is 0 Å². The van der Waals surface area contributed by atoms with Crippen molar-refractivity contribution in [2.75, 3.05) is 0 Å². The van der Waals surface area contributed by atoms with Gasteiger partial charge in [0.25, 0.3) is 0 Å². The molecule has 0 aliphatic heterocycles. The summed E-state index contributed by atoms with van der Waals surface area (Å²) in [4.78, 5) is 11.2. The molecule has 3 N–H and O–H groups in total. The van der Waals surface area contributed by atoms with Gasteiger partial charge in [0.05, 0.1) is 5.41 Å². The molecule has 0 radical (unpaired) electrons. The Kier molecular flexibility index (Phi) is 2.06. The number of rotatable bonds is 1. The van der Waals surface area contributed by atoms with Crippen LogP contribution < -0.4 is 5.73 Å². The van der Waals surface area contributed by atoms with Gasteiger partial charge in [-0.2, -0.15) is 0 Å². The Labute approximate surface area is 78.3 Å². The largest absolute Gasteiger partial charge is 0.481 e. The molecule has 74 valence electrons. The molecule has 3 nitrogen and oxygen atoms in total. The van der Waals surface area contributed by atoms with Crippen molar-refractivity contribution in [1.29, 1.82) is 0 Å². The zero-order valence-electron chi connectivity index (χ0n) is 7.83. The van der Waals surface area contributed by atoms with Crippen LogP contribution in [0, 0.1) is 11.3 Å². The number of carboxylic acid groups (broad SMARTS) is 1. The lowest BCUT2D eigenvalue weighted by Crippen LogP contribution is -2.43. The zero-order chi connectivity index (χ0) is 9.47. The van der Waals surface area contributed by atoms with Crippen LogP contribution >= 0.6 is 0 Å². The SMILES string of the molecule is NC1CCC2(C(=O)O)CCCC2C1. The number of carbonyl (C=O) groups is 1. The third kappa shape index (κ3) is 1.26. The van der Waals surface area contributed by atoms with Crippen LogP contribution in [0.25, 0.3) is 0 Å². The average molecular weight is 183 g/mol. The van der Waals surface area contributed by atoms with E-state index in [0.29, 0.717) is 5.92 Å². The van der Waals surface area contributed by atoms with E-state index in [9.17, 15) is 9.90 Å². The highest BCUT2D eigenvalue weighted by Gasteiger charge is 2.51. The fraction of sp³-hybridized carbons (Fsp3) is 0.900. The smallest absolute Gasteiger partial charge is 0.309 e. The van der Waals surface area contributed by atoms with E-state index in [-0.39, 0.29) is 6.04 Å². The number of aliphatic carboxylic acids is 1. The molecule has 3 unspecified atom stereocenters. The van der Waals surface area contributed by atoms with Crippen LogP contribution in [0.2, 0.25) is 0 Å². The van der Waals surface area contributed by atoms with E-state index in [1.807, 2.05) is 0 Å². The summed E-state index contributed by atoms with van der Waals surface area (Å²) >= 11 is 0. The summed E-state index contributed by atoms with van der Waals surface area (Å²) in [7, 11) is 0. The Morgan fingerprint density at radius 1 is 1.38 bits per heavy atom. The Morgan fingerprint density at radius 2 is 2.15 bits per heavy atom. The Bertz CT molecular complexity index is 229. The zero-order valence-corrected chi connectivity index (χ0v) is 7.83. The van der Waals surface area contributed by atoms with Gasteiger partial charge in [0, 0.05) is 6.04 Å². The molecule has 3 heteroatoms. The molecule has 0 aromatic rings. The second kappa shape index (κ2) is 2.98. The van der Waals surface area contributed by atoms with Crippen LogP contribution in [0.3, 0.4) is 0 Å². The van der Waals surface area contributed by atoms with Gasteiger partial charge in [0.2, 0.25) is 0 Å². The third-order valence-corrected chi connectivity index (χ3v) is 3.93. The van der Waals surface area contributed by atoms with Crippen molar-refractivity contribution >= 4 is 5.97 Å². The molecule has 2 aliphatic rings. The summed E-state index contributed by atoms with van der Waals surface area (Å²) < 4.78 is 0. The molecular formula is C10H17NO2. The van der Waals surface area contributed by atoms with Gasteiger partial charge < -0.3 is 10.8 Å². The van der Waals surface area contributed by atoms with Crippen LogP contribution in [-0.2, 0) is 4.79 Å². The molecule has 2 fully saturated rings. The number of fused-ring (bicyclic) bond motifs is 1. The molecule has 2 rings (SSSR count). The molecule has 0 amide bonds. The van der Waals surface area contributed by atoms with Gasteiger partial charge >= 0.3 is 5.97 Å². The number of carboxylic acids is 1. The first-order chi connectivity index (χ1) is 6.15. The van der Waals surface area contributed by atoms with Crippen molar-refractivity contribution < 1.29 is 9.90 Å². The molecule has 0 aromatic carbocycles. The van der Waals surface area contributed by atoms with Crippen LogP contribution in [0.1, 0.15) is 38.5 Å². The molecule has 0 bridgehead atoms. The highest BCUT2D eigenvalue weighted by atomic mass is 16.4. The Morgan fingerprint density at radius 3 is 2.85 bits per heavy atom. The van der Waals surface area contributed by atoms with E-state index in [0.717, 1.165) is 38.5 Å². The molecule has 2 aliphatic carbocycles. The fourth-order valence-electron chi connectivity index (χ4n) is 3.13. The maximum atomic E-state index is 11.2. The second-order valence-corrected chi connectivity index (χ2v) is 4.58. The lowest BCUT2D eigenvalue weighted by atomic mass is 9.67. The number of nitrogens with two attached hydrogens (primary N) is 1. The Balaban J connectivity index is 2.20. The van der Waals surface area contributed by atoms with E-state index < -0.39 is 11.4 Å². The summed E-state index contributed by atoms with van der Waals surface area (Å²) in [6.45, 7) is 0. The lowest BCUT2D eigenvalue weighted by molar-refractivity contribution is -0.153. The average Bonchev–Trinajstić information content (AvgIpc) is 2.48. The van der Waals surface area contributed by atoms with Crippen LogP contribution in [-0.4, -0.2) is 17.1 Å². The second-order valence-electron chi connectivity index (χ2n) is 4.58. The summed E-state index contributed by atoms with van der Waals surface area (Å²) in [6, 6.07) is 0.246. The van der Waals surface area contributed by atoms with Crippen LogP contribution in [0.15, 0.2) is 0 Å². The molecule has 3 atom stereocenters. The van der Waals surface area contributed by atoms with Gasteiger partial charge in [-0.1, -0.05) is 6.42 Å². The molecule has 2 saturated carbocycles. The van der Waals surface area contributed by atoms with Crippen molar-refractivity contribution in [1.82, 2.24) is 0 Å². The van der Waals surface area contributed by atoms with Crippen molar-refractivity contribution in [3.05, 3.63) is 0 Å². The quantitative estimate of drug-likeness (QED) is 0.645. The predicted molar refractivity (Wildman–Crippen MR) is 49.2 cm³/mol. The van der Waals surface area contributed by atoms with Crippen LogP contribution in [0.4, 0.5) is 0 Å². The summed E-state index contributed by atoms with van der Waals surface area (Å²) in [6.07, 6.45) is 5.63. The summed E-state index contributed by atoms with van der Waals surface area (Å²) in [5, 5.41) is 9.24. The van der Waals surface area contributed by atoms with E-state index in [1.54, 1.807) is 0 Å². The maximum Gasteiger partial charge on any atom is 0.309 e. The van der Waals surface area contributed by atoms with Gasteiger partial charge in [-0.15, -0.1) is 0 Å². The van der Waals surface area contributed by atoms with Gasteiger partial charge in [0.15, 0.2) is 0 Å². The standard InChI is InChI=1S/C10H17NO2/c11-8-3-5-10(9(12)13)4-1-2-7(10)6-8/h7-8H,1-6,11H2,(H,12,13). The molecule has 0 aromatic heterocycles. The summed E-state index contributed by atoms with van der Waals surface area (Å²) in [5.74, 6) is -0.226. The van der Waals surface area contributed by atoms with E-state index in [2.05, 4.69) is 0 Å². The highest BCUT2D eigenvalue weighted by Crippen LogP contribution is 2.52. The number of hydrogen-bond donors (Lipinski definition) is 2. The van der Waals surface area contributed by atoms with Gasteiger partial charge in [-0.3, -0.25) is 4.79 Å². The summed E-state index contributed by atoms with van der Waals surface area (Å²) in [5.41, 5.74) is 5.46. The van der Waals surface area contributed by atoms with E-state index in [4.69, 9.17) is 5.73 Å². The van der Waals surface area contributed by atoms with Crippen molar-refractivity contribution in [3.63, 3.8) is 0 Å². The van der Waals surface area contributed by atoms with Gasteiger partial charge in [-0.25, -0.2) is 0 Å². The minimum absolute atomic E-state index is 0.246. The van der Waals surface area contributed by atoms with Crippen LogP contribution in [0.5, 0.6) is 0 Å². The number of hydrogen-bond acceptors (Lipinski definition) is 2. The third-order valence-electron chi connectivity index (χ3n) is 3.93. The first-order valence-electron chi connectivity index (χ1n) is 5.14.